The third-order valence-corrected chi connectivity index (χ3v) is 8.06. The van der Waals surface area contributed by atoms with E-state index in [0.717, 1.165) is 17.9 Å². The zero-order valence-corrected chi connectivity index (χ0v) is 24.8. The summed E-state index contributed by atoms with van der Waals surface area (Å²) >= 11 is 0. The second-order valence-corrected chi connectivity index (χ2v) is 11.2. The van der Waals surface area contributed by atoms with Crippen LogP contribution in [0.15, 0.2) is 97.1 Å². The molecular weight excluding hydrogens is 504 g/mol. The van der Waals surface area contributed by atoms with E-state index in [9.17, 15) is 0 Å². The van der Waals surface area contributed by atoms with Crippen LogP contribution in [-0.2, 0) is 5.41 Å². The van der Waals surface area contributed by atoms with Crippen LogP contribution in [0.2, 0.25) is 0 Å². The van der Waals surface area contributed by atoms with E-state index < -0.39 is 0 Å². The van der Waals surface area contributed by atoms with E-state index in [1.165, 1.54) is 68.9 Å². The van der Waals surface area contributed by atoms with Crippen LogP contribution >= 0.6 is 0 Å². The van der Waals surface area contributed by atoms with Crippen LogP contribution in [0, 0.1) is 0 Å². The van der Waals surface area contributed by atoms with Gasteiger partial charge in [-0.05, 0) is 66.1 Å². The highest BCUT2D eigenvalue weighted by Gasteiger charge is 2.28. The minimum Gasteiger partial charge on any atom is -0.455 e. The summed E-state index contributed by atoms with van der Waals surface area (Å²) in [4.78, 5) is 0. The van der Waals surface area contributed by atoms with Crippen molar-refractivity contribution in [1.29, 1.82) is 0 Å². The maximum absolute atomic E-state index is 6.09. The van der Waals surface area contributed by atoms with Gasteiger partial charge in [0.2, 0.25) is 0 Å². The molecule has 0 amide bonds. The number of para-hydroxylation sites is 4. The lowest BCUT2D eigenvalue weighted by atomic mass is 9.72. The highest BCUT2D eigenvalue weighted by molar-refractivity contribution is 5.55. The summed E-state index contributed by atoms with van der Waals surface area (Å²) in [5.74, 6) is 2.90. The lowest BCUT2D eigenvalue weighted by Crippen LogP contribution is -2.23. The molecule has 0 aliphatic heterocycles. The molecule has 4 rings (SSSR count). The minimum atomic E-state index is -0.143. The Bertz CT molecular complexity index is 1240. The van der Waals surface area contributed by atoms with E-state index >= 15 is 0 Å². The van der Waals surface area contributed by atoms with Crippen LogP contribution in [0.5, 0.6) is 23.0 Å². The van der Waals surface area contributed by atoms with Gasteiger partial charge in [0.05, 0.1) is 11.4 Å². The fraction of sp³-hybridized carbons (Fsp3) is 0.351. The van der Waals surface area contributed by atoms with E-state index in [2.05, 4.69) is 38.1 Å². The van der Waals surface area contributed by atoms with Crippen molar-refractivity contribution < 1.29 is 9.47 Å². The second-order valence-electron chi connectivity index (χ2n) is 11.2. The first-order valence-corrected chi connectivity index (χ1v) is 15.3. The molecule has 0 bridgehead atoms. The van der Waals surface area contributed by atoms with Gasteiger partial charge in [0.25, 0.3) is 0 Å². The molecule has 0 radical (unpaired) electrons. The van der Waals surface area contributed by atoms with Crippen molar-refractivity contribution in [2.75, 3.05) is 11.5 Å². The van der Waals surface area contributed by atoms with Crippen molar-refractivity contribution in [3.63, 3.8) is 0 Å². The highest BCUT2D eigenvalue weighted by atomic mass is 16.5. The fourth-order valence-electron chi connectivity index (χ4n) is 5.43. The quantitative estimate of drug-likeness (QED) is 0.107. The maximum Gasteiger partial charge on any atom is 0.150 e. The smallest absolute Gasteiger partial charge is 0.150 e. The number of anilines is 2. The van der Waals surface area contributed by atoms with Crippen molar-refractivity contribution in [2.45, 2.75) is 83.5 Å². The van der Waals surface area contributed by atoms with Crippen LogP contribution in [0.3, 0.4) is 0 Å². The zero-order valence-electron chi connectivity index (χ0n) is 24.8. The lowest BCUT2D eigenvalue weighted by molar-refractivity contribution is 0.463. The molecule has 0 saturated heterocycles. The van der Waals surface area contributed by atoms with Crippen LogP contribution < -0.4 is 20.9 Å². The van der Waals surface area contributed by atoms with Crippen molar-refractivity contribution >= 4 is 11.4 Å². The minimum absolute atomic E-state index is 0.143. The highest BCUT2D eigenvalue weighted by Crippen LogP contribution is 2.40. The van der Waals surface area contributed by atoms with Gasteiger partial charge >= 0.3 is 0 Å². The van der Waals surface area contributed by atoms with Gasteiger partial charge in [-0.15, -0.1) is 0 Å². The lowest BCUT2D eigenvalue weighted by Gasteiger charge is -2.31. The Morgan fingerprint density at radius 2 is 0.902 bits per heavy atom. The van der Waals surface area contributed by atoms with Gasteiger partial charge in [-0.1, -0.05) is 120 Å². The van der Waals surface area contributed by atoms with Crippen molar-refractivity contribution in [2.24, 2.45) is 0 Å². The van der Waals surface area contributed by atoms with Gasteiger partial charge in [0.1, 0.15) is 23.0 Å². The van der Waals surface area contributed by atoms with Gasteiger partial charge in [-0.25, -0.2) is 0 Å². The standard InChI is InChI=1S/C37H46N2O2/c1-3-4-5-6-7-8-9-10-15-28-37(2,29-20-24-31(25-21-29)40-35-18-13-11-16-33(35)38)30-22-26-32(27-23-30)41-36-19-14-12-17-34(36)39/h11-14,16-27H,3-10,15,28,38-39H2,1-2H3. The van der Waals surface area contributed by atoms with Crippen LogP contribution in [0.25, 0.3) is 0 Å². The normalized spacial score (nSPS) is 11.4. The number of nitrogen functional groups attached to an aromatic ring is 2. The topological polar surface area (TPSA) is 70.5 Å². The summed E-state index contributed by atoms with van der Waals surface area (Å²) in [7, 11) is 0. The van der Waals surface area contributed by atoms with Crippen LogP contribution in [-0.4, -0.2) is 0 Å². The fourth-order valence-corrected chi connectivity index (χ4v) is 5.43. The van der Waals surface area contributed by atoms with Crippen molar-refractivity contribution in [1.82, 2.24) is 0 Å². The largest absolute Gasteiger partial charge is 0.455 e. The summed E-state index contributed by atoms with van der Waals surface area (Å²) in [5, 5.41) is 0. The number of hydrogen-bond donors (Lipinski definition) is 2. The van der Waals surface area contributed by atoms with E-state index in [4.69, 9.17) is 20.9 Å². The molecule has 0 aromatic heterocycles. The number of hydrogen-bond acceptors (Lipinski definition) is 4. The van der Waals surface area contributed by atoms with Crippen molar-refractivity contribution in [3.05, 3.63) is 108 Å². The molecule has 0 aliphatic rings. The molecule has 4 nitrogen and oxygen atoms in total. The first-order valence-electron chi connectivity index (χ1n) is 15.3. The first-order chi connectivity index (χ1) is 20.0. The predicted molar refractivity (Wildman–Crippen MR) is 173 cm³/mol. The first kappa shape index (κ1) is 30.0. The molecule has 41 heavy (non-hydrogen) atoms. The summed E-state index contributed by atoms with van der Waals surface area (Å²) in [6.45, 7) is 4.63. The average Bonchev–Trinajstić information content (AvgIpc) is 2.99. The molecule has 0 aliphatic carbocycles. The maximum atomic E-state index is 6.09. The molecule has 0 unspecified atom stereocenters. The SMILES string of the molecule is CCCCCCCCCCCC(C)(c1ccc(Oc2ccccc2N)cc1)c1ccc(Oc2ccccc2N)cc1. The molecule has 4 aromatic carbocycles. The zero-order chi connectivity index (χ0) is 28.9. The summed E-state index contributed by atoms with van der Waals surface area (Å²) in [5.41, 5.74) is 15.8. The third kappa shape index (κ3) is 8.53. The monoisotopic (exact) mass is 550 g/mol. The number of benzene rings is 4. The van der Waals surface area contributed by atoms with E-state index in [-0.39, 0.29) is 5.41 Å². The Hall–Kier alpha value is -3.92. The Morgan fingerprint density at radius 1 is 0.512 bits per heavy atom. The summed E-state index contributed by atoms with van der Waals surface area (Å²) < 4.78 is 12.1. The molecule has 0 saturated carbocycles. The molecule has 4 heteroatoms. The van der Waals surface area contributed by atoms with E-state index in [1.807, 2.05) is 72.8 Å². The summed E-state index contributed by atoms with van der Waals surface area (Å²) in [6, 6.07) is 32.1. The molecule has 0 fully saturated rings. The molecule has 0 atom stereocenters. The van der Waals surface area contributed by atoms with Gasteiger partial charge in [0.15, 0.2) is 0 Å². The predicted octanol–water partition coefficient (Wildman–Crippen LogP) is 10.7. The number of unbranched alkanes of at least 4 members (excludes halogenated alkanes) is 8. The number of ether oxygens (including phenoxy) is 2. The van der Waals surface area contributed by atoms with Gasteiger partial charge in [0, 0.05) is 5.41 Å². The van der Waals surface area contributed by atoms with Crippen LogP contribution in [0.4, 0.5) is 11.4 Å². The van der Waals surface area contributed by atoms with E-state index in [1.54, 1.807) is 0 Å². The molecule has 4 aromatic rings. The number of nitrogens with two attached hydrogens (primary N) is 2. The Morgan fingerprint density at radius 3 is 1.32 bits per heavy atom. The average molecular weight is 551 g/mol. The molecule has 216 valence electrons. The van der Waals surface area contributed by atoms with E-state index in [0.29, 0.717) is 22.9 Å². The molecule has 0 heterocycles. The Balaban J connectivity index is 1.47. The van der Waals surface area contributed by atoms with Crippen LogP contribution in [0.1, 0.15) is 89.2 Å². The van der Waals surface area contributed by atoms with Gasteiger partial charge < -0.3 is 20.9 Å². The molecule has 4 N–H and O–H groups in total. The second kappa shape index (κ2) is 15.2. The summed E-state index contributed by atoms with van der Waals surface area (Å²) in [6.07, 6.45) is 12.9. The number of rotatable bonds is 16. The Kier molecular flexibility index (Phi) is 11.1. The molecule has 0 spiro atoms. The molecular formula is C37H46N2O2. The Labute approximate surface area is 246 Å². The van der Waals surface area contributed by atoms with Crippen molar-refractivity contribution in [3.8, 4) is 23.0 Å². The van der Waals surface area contributed by atoms with Gasteiger partial charge in [-0.3, -0.25) is 0 Å². The third-order valence-electron chi connectivity index (χ3n) is 8.06. The van der Waals surface area contributed by atoms with Gasteiger partial charge in [-0.2, -0.15) is 0 Å².